The first-order chi connectivity index (χ1) is 11.6. The summed E-state index contributed by atoms with van der Waals surface area (Å²) < 4.78 is 8.38. The number of hydrogen-bond donors (Lipinski definition) is 0. The molecule has 4 aromatic rings. The Morgan fingerprint density at radius 2 is 1.88 bits per heavy atom. The maximum absolute atomic E-state index is 6.28. The number of rotatable bonds is 0. The molecule has 0 atom stereocenters. The van der Waals surface area contributed by atoms with E-state index in [-0.39, 0.29) is 0 Å². The summed E-state index contributed by atoms with van der Waals surface area (Å²) in [4.78, 5) is 4.54. The molecule has 5 rings (SSSR count). The average molecular weight is 313 g/mol. The minimum Gasteiger partial charge on any atom is -0.456 e. The van der Waals surface area contributed by atoms with Gasteiger partial charge in [0.25, 0.3) is 6.33 Å². The lowest BCUT2D eigenvalue weighted by Gasteiger charge is -2.22. The first-order valence-corrected chi connectivity index (χ1v) is 8.13. The molecule has 0 fully saturated rings. The van der Waals surface area contributed by atoms with E-state index >= 15 is 0 Å². The van der Waals surface area contributed by atoms with E-state index in [0.29, 0.717) is 0 Å². The molecule has 0 N–H and O–H groups in total. The highest BCUT2D eigenvalue weighted by Crippen LogP contribution is 2.47. The van der Waals surface area contributed by atoms with Gasteiger partial charge in [0.05, 0.1) is 12.6 Å². The quantitative estimate of drug-likeness (QED) is 0.390. The minimum absolute atomic E-state index is 0.880. The van der Waals surface area contributed by atoms with Gasteiger partial charge in [-0.1, -0.05) is 29.8 Å². The van der Waals surface area contributed by atoms with Crippen LogP contribution in [0.1, 0.15) is 11.1 Å². The average Bonchev–Trinajstić information content (AvgIpc) is 2.57. The number of aromatic nitrogens is 2. The number of ether oxygens (including phenoxy) is 1. The van der Waals surface area contributed by atoms with Crippen LogP contribution in [-0.2, 0) is 7.05 Å². The van der Waals surface area contributed by atoms with Crippen LogP contribution in [0, 0.1) is 13.8 Å². The zero-order chi connectivity index (χ0) is 16.4. The Morgan fingerprint density at radius 1 is 1.00 bits per heavy atom. The summed E-state index contributed by atoms with van der Waals surface area (Å²) in [6.45, 7) is 4.30. The van der Waals surface area contributed by atoms with Crippen molar-refractivity contribution in [1.29, 1.82) is 0 Å². The molecule has 24 heavy (non-hydrogen) atoms. The van der Waals surface area contributed by atoms with Crippen molar-refractivity contribution in [3.63, 3.8) is 0 Å². The summed E-state index contributed by atoms with van der Waals surface area (Å²) in [5.41, 5.74) is 5.82. The van der Waals surface area contributed by atoms with Crippen LogP contribution in [0.2, 0.25) is 0 Å². The molecule has 0 bridgehead atoms. The Labute approximate surface area is 140 Å². The van der Waals surface area contributed by atoms with E-state index in [9.17, 15) is 0 Å². The Kier molecular flexibility index (Phi) is 2.55. The molecule has 0 unspecified atom stereocenters. The van der Waals surface area contributed by atoms with Crippen molar-refractivity contribution in [2.75, 3.05) is 0 Å². The second-order valence-corrected chi connectivity index (χ2v) is 6.56. The van der Waals surface area contributed by atoms with Crippen molar-refractivity contribution in [1.82, 2.24) is 4.98 Å². The van der Waals surface area contributed by atoms with Crippen molar-refractivity contribution in [3.05, 3.63) is 59.9 Å². The molecule has 1 aliphatic rings. The predicted molar refractivity (Wildman–Crippen MR) is 95.4 cm³/mol. The zero-order valence-corrected chi connectivity index (χ0v) is 13.9. The largest absolute Gasteiger partial charge is 0.456 e. The minimum atomic E-state index is 0.880. The fourth-order valence-corrected chi connectivity index (χ4v) is 3.80. The molecule has 3 heteroatoms. The summed E-state index contributed by atoms with van der Waals surface area (Å²) in [5, 5.41) is 3.58. The number of hydrogen-bond acceptors (Lipinski definition) is 2. The molecule has 3 aromatic carbocycles. The number of fused-ring (bicyclic) bond motifs is 3. The van der Waals surface area contributed by atoms with Crippen molar-refractivity contribution in [2.24, 2.45) is 7.05 Å². The van der Waals surface area contributed by atoms with E-state index in [4.69, 9.17) is 4.74 Å². The number of nitrogens with zero attached hydrogens (tertiary/aromatic N) is 2. The first-order valence-electron chi connectivity index (χ1n) is 8.13. The van der Waals surface area contributed by atoms with Gasteiger partial charge in [0.1, 0.15) is 16.9 Å². The van der Waals surface area contributed by atoms with Gasteiger partial charge in [-0.25, -0.2) is 4.57 Å². The lowest BCUT2D eigenvalue weighted by molar-refractivity contribution is -0.662. The van der Waals surface area contributed by atoms with Crippen LogP contribution in [0.5, 0.6) is 11.5 Å². The van der Waals surface area contributed by atoms with E-state index in [0.717, 1.165) is 22.4 Å². The molecular formula is C21H17N2O+. The van der Waals surface area contributed by atoms with Crippen molar-refractivity contribution >= 4 is 21.7 Å². The smallest absolute Gasteiger partial charge is 0.287 e. The molecule has 1 aliphatic heterocycles. The molecule has 0 radical (unpaired) electrons. The summed E-state index contributed by atoms with van der Waals surface area (Å²) >= 11 is 0. The Morgan fingerprint density at radius 3 is 2.75 bits per heavy atom. The van der Waals surface area contributed by atoms with E-state index in [1.807, 2.05) is 31.6 Å². The van der Waals surface area contributed by atoms with Gasteiger partial charge in [-0.05, 0) is 53.4 Å². The van der Waals surface area contributed by atoms with Crippen LogP contribution in [0.3, 0.4) is 0 Å². The van der Waals surface area contributed by atoms with Crippen LogP contribution in [0.15, 0.2) is 48.8 Å². The first kappa shape index (κ1) is 13.5. The number of aryl methyl sites for hydroxylation is 3. The van der Waals surface area contributed by atoms with Gasteiger partial charge in [-0.3, -0.25) is 0 Å². The molecule has 1 aromatic heterocycles. The predicted octanol–water partition coefficient (Wildman–Crippen LogP) is 4.60. The molecule has 2 heterocycles. The molecule has 0 spiro atoms. The van der Waals surface area contributed by atoms with Gasteiger partial charge in [-0.2, -0.15) is 0 Å². The van der Waals surface area contributed by atoms with Crippen molar-refractivity contribution in [2.45, 2.75) is 13.8 Å². The van der Waals surface area contributed by atoms with Gasteiger partial charge in [-0.15, -0.1) is 0 Å². The summed E-state index contributed by atoms with van der Waals surface area (Å²) in [5.74, 6) is 1.80. The van der Waals surface area contributed by atoms with Gasteiger partial charge in [0, 0.05) is 0 Å². The molecular weight excluding hydrogens is 296 g/mol. The Hall–Kier alpha value is -2.94. The van der Waals surface area contributed by atoms with Gasteiger partial charge in [0.15, 0.2) is 11.2 Å². The number of benzene rings is 3. The maximum atomic E-state index is 6.28. The lowest BCUT2D eigenvalue weighted by atomic mass is 9.92. The maximum Gasteiger partial charge on any atom is 0.287 e. The van der Waals surface area contributed by atoms with E-state index < -0.39 is 0 Å². The topological polar surface area (TPSA) is 26.0 Å². The van der Waals surface area contributed by atoms with Crippen molar-refractivity contribution < 1.29 is 9.30 Å². The van der Waals surface area contributed by atoms with Gasteiger partial charge >= 0.3 is 0 Å². The van der Waals surface area contributed by atoms with Crippen LogP contribution >= 0.6 is 0 Å². The monoisotopic (exact) mass is 313 g/mol. The van der Waals surface area contributed by atoms with Crippen molar-refractivity contribution in [3.8, 4) is 22.8 Å². The summed E-state index contributed by atoms with van der Waals surface area (Å²) in [6.07, 6.45) is 1.88. The third kappa shape index (κ3) is 1.67. The molecule has 0 saturated carbocycles. The standard InChI is InChI=1S/C21H17N2O/c1-12-7-8-15-13(2)19-18(10-14(15)9-12)24-17-6-4-5-16-20(17)21(19)23(3)11-22-16/h4-11H,1-3H3/q+1. The fourth-order valence-electron chi connectivity index (χ4n) is 3.80. The zero-order valence-electron chi connectivity index (χ0n) is 13.9. The fraction of sp³-hybridized carbons (Fsp3) is 0.143. The highest BCUT2D eigenvalue weighted by Gasteiger charge is 2.29. The highest BCUT2D eigenvalue weighted by atomic mass is 16.5. The third-order valence-electron chi connectivity index (χ3n) is 4.94. The molecule has 0 aliphatic carbocycles. The third-order valence-corrected chi connectivity index (χ3v) is 4.94. The second-order valence-electron chi connectivity index (χ2n) is 6.56. The van der Waals surface area contributed by atoms with Crippen LogP contribution in [-0.4, -0.2) is 4.98 Å². The van der Waals surface area contributed by atoms with Crippen LogP contribution < -0.4 is 9.30 Å². The van der Waals surface area contributed by atoms with Gasteiger partial charge < -0.3 is 4.74 Å². The van der Waals surface area contributed by atoms with E-state index in [1.54, 1.807) is 0 Å². The highest BCUT2D eigenvalue weighted by molar-refractivity contribution is 6.04. The molecule has 0 amide bonds. The lowest BCUT2D eigenvalue weighted by Crippen LogP contribution is -2.32. The van der Waals surface area contributed by atoms with Crippen LogP contribution in [0.25, 0.3) is 32.9 Å². The summed E-state index contributed by atoms with van der Waals surface area (Å²) in [7, 11) is 2.05. The summed E-state index contributed by atoms with van der Waals surface area (Å²) in [6, 6.07) is 14.8. The molecule has 116 valence electrons. The Bertz CT molecular complexity index is 1160. The normalized spacial score (nSPS) is 12.3. The second kappa shape index (κ2) is 4.54. The SMILES string of the molecule is Cc1ccc2c(C)c3c(cc2c1)Oc1cccc2nc[n+](C)c-3c12. The molecule has 3 nitrogen and oxygen atoms in total. The van der Waals surface area contributed by atoms with E-state index in [2.05, 4.69) is 47.7 Å². The Balaban J connectivity index is 1.99. The van der Waals surface area contributed by atoms with Gasteiger partial charge in [0.2, 0.25) is 0 Å². The van der Waals surface area contributed by atoms with E-state index in [1.165, 1.54) is 33.2 Å². The van der Waals surface area contributed by atoms with Crippen LogP contribution in [0.4, 0.5) is 0 Å². The molecule has 0 saturated heterocycles.